The molecule has 7 nitrogen and oxygen atoms in total. The maximum Gasteiger partial charge on any atom is 0.255 e. The first kappa shape index (κ1) is 17.9. The summed E-state index contributed by atoms with van der Waals surface area (Å²) in [6, 6.07) is 15.0. The van der Waals surface area contributed by atoms with Gasteiger partial charge in [0.25, 0.3) is 5.91 Å². The zero-order chi connectivity index (χ0) is 19.5. The lowest BCUT2D eigenvalue weighted by Crippen LogP contribution is -2.33. The van der Waals surface area contributed by atoms with E-state index >= 15 is 0 Å². The number of nitrogens with zero attached hydrogens (tertiary/aromatic N) is 3. The molecule has 1 N–H and O–H groups in total. The Bertz CT molecular complexity index is 966. The van der Waals surface area contributed by atoms with Gasteiger partial charge >= 0.3 is 0 Å². The van der Waals surface area contributed by atoms with Crippen LogP contribution in [0.4, 0.5) is 11.4 Å². The molecule has 144 valence electrons. The second kappa shape index (κ2) is 7.64. The Morgan fingerprint density at radius 3 is 2.68 bits per heavy atom. The van der Waals surface area contributed by atoms with Crippen LogP contribution in [0.5, 0.6) is 11.5 Å². The van der Waals surface area contributed by atoms with Crippen molar-refractivity contribution < 1.29 is 14.3 Å². The molecule has 3 aromatic rings. The number of fused-ring (bicyclic) bond motifs is 1. The van der Waals surface area contributed by atoms with Crippen molar-refractivity contribution in [3.63, 3.8) is 0 Å². The van der Waals surface area contributed by atoms with Gasteiger partial charge in [-0.1, -0.05) is 12.1 Å². The average molecular weight is 378 g/mol. The number of rotatable bonds is 5. The van der Waals surface area contributed by atoms with Crippen LogP contribution >= 0.6 is 0 Å². The lowest BCUT2D eigenvalue weighted by molar-refractivity contribution is 0.0759. The molecule has 4 rings (SSSR count). The molecule has 1 atom stereocenters. The molecule has 0 bridgehead atoms. The summed E-state index contributed by atoms with van der Waals surface area (Å²) in [5.41, 5.74) is 2.28. The summed E-state index contributed by atoms with van der Waals surface area (Å²) in [6.07, 6.45) is 3.27. The van der Waals surface area contributed by atoms with E-state index in [1.807, 2.05) is 55.4 Å². The standard InChI is InChI=1S/C21H22N4O3/c1-24(2)17-9-7-15(8-10-17)21(26)23-16-11-22-25(12-16)13-18-14-27-19-5-3-4-6-20(19)28-18/h3-12,18H,13-14H2,1-2H3,(H,23,26). The Balaban J connectivity index is 1.36. The van der Waals surface area contributed by atoms with Gasteiger partial charge in [-0.3, -0.25) is 9.48 Å². The minimum Gasteiger partial charge on any atom is -0.486 e. The average Bonchev–Trinajstić information content (AvgIpc) is 3.14. The van der Waals surface area contributed by atoms with Crippen LogP contribution in [0.15, 0.2) is 60.9 Å². The predicted octanol–water partition coefficient (Wildman–Crippen LogP) is 3.04. The summed E-state index contributed by atoms with van der Waals surface area (Å²) in [6.45, 7) is 0.985. The van der Waals surface area contributed by atoms with Gasteiger partial charge in [0, 0.05) is 31.5 Å². The number of aromatic nitrogens is 2. The monoisotopic (exact) mass is 378 g/mol. The number of benzene rings is 2. The molecule has 0 fully saturated rings. The first-order valence-corrected chi connectivity index (χ1v) is 9.08. The molecule has 2 heterocycles. The molecule has 0 spiro atoms. The van der Waals surface area contributed by atoms with E-state index in [4.69, 9.17) is 9.47 Å². The van der Waals surface area contributed by atoms with Crippen LogP contribution in [0.3, 0.4) is 0 Å². The lowest BCUT2D eigenvalue weighted by Gasteiger charge is -2.26. The molecule has 0 saturated heterocycles. The molecule has 0 saturated carbocycles. The normalized spacial score (nSPS) is 15.1. The van der Waals surface area contributed by atoms with Crippen molar-refractivity contribution in [2.45, 2.75) is 12.6 Å². The van der Waals surface area contributed by atoms with Crippen molar-refractivity contribution in [3.05, 3.63) is 66.5 Å². The molecule has 0 aliphatic carbocycles. The number of hydrogen-bond acceptors (Lipinski definition) is 5. The summed E-state index contributed by atoms with van der Waals surface area (Å²) in [7, 11) is 3.92. The van der Waals surface area contributed by atoms with Gasteiger partial charge in [0.2, 0.25) is 0 Å². The van der Waals surface area contributed by atoms with E-state index in [0.29, 0.717) is 24.4 Å². The third kappa shape index (κ3) is 3.93. The third-order valence-electron chi connectivity index (χ3n) is 4.50. The van der Waals surface area contributed by atoms with Gasteiger partial charge < -0.3 is 19.7 Å². The highest BCUT2D eigenvalue weighted by Crippen LogP contribution is 2.31. The molecular formula is C21H22N4O3. The second-order valence-corrected chi connectivity index (χ2v) is 6.84. The summed E-state index contributed by atoms with van der Waals surface area (Å²) >= 11 is 0. The highest BCUT2D eigenvalue weighted by Gasteiger charge is 2.21. The molecule has 1 unspecified atom stereocenters. The number of nitrogens with one attached hydrogen (secondary N) is 1. The minimum atomic E-state index is -0.170. The van der Waals surface area contributed by atoms with Crippen LogP contribution in [-0.4, -0.2) is 42.5 Å². The van der Waals surface area contributed by atoms with E-state index < -0.39 is 0 Å². The minimum absolute atomic E-state index is 0.142. The predicted molar refractivity (Wildman–Crippen MR) is 107 cm³/mol. The lowest BCUT2D eigenvalue weighted by atomic mass is 10.2. The van der Waals surface area contributed by atoms with E-state index in [1.165, 1.54) is 0 Å². The van der Waals surface area contributed by atoms with E-state index in [1.54, 1.807) is 29.2 Å². The molecule has 7 heteroatoms. The highest BCUT2D eigenvalue weighted by molar-refractivity contribution is 6.04. The third-order valence-corrected chi connectivity index (χ3v) is 4.50. The molecular weight excluding hydrogens is 356 g/mol. The fourth-order valence-corrected chi connectivity index (χ4v) is 3.00. The van der Waals surface area contributed by atoms with E-state index in [-0.39, 0.29) is 12.0 Å². The quantitative estimate of drug-likeness (QED) is 0.739. The van der Waals surface area contributed by atoms with E-state index in [9.17, 15) is 4.79 Å². The van der Waals surface area contributed by atoms with E-state index in [0.717, 1.165) is 17.2 Å². The van der Waals surface area contributed by atoms with Crippen LogP contribution in [0.25, 0.3) is 0 Å². The van der Waals surface area contributed by atoms with Gasteiger partial charge in [0.05, 0.1) is 18.4 Å². The maximum atomic E-state index is 12.4. The highest BCUT2D eigenvalue weighted by atomic mass is 16.6. The Morgan fingerprint density at radius 1 is 1.18 bits per heavy atom. The number of hydrogen-bond donors (Lipinski definition) is 1. The molecule has 1 aliphatic rings. The number of ether oxygens (including phenoxy) is 2. The largest absolute Gasteiger partial charge is 0.486 e. The van der Waals surface area contributed by atoms with E-state index in [2.05, 4.69) is 10.4 Å². The first-order chi connectivity index (χ1) is 13.6. The van der Waals surface area contributed by atoms with Crippen LogP contribution in [0.2, 0.25) is 0 Å². The topological polar surface area (TPSA) is 68.6 Å². The van der Waals surface area contributed by atoms with Crippen molar-refractivity contribution in [3.8, 4) is 11.5 Å². The number of carbonyl (C=O) groups is 1. The molecule has 0 radical (unpaired) electrons. The SMILES string of the molecule is CN(C)c1ccc(C(=O)Nc2cnn(CC3COc4ccccc4O3)c2)cc1. The van der Waals surface area contributed by atoms with Crippen molar-refractivity contribution in [1.29, 1.82) is 0 Å². The fourth-order valence-electron chi connectivity index (χ4n) is 3.00. The number of anilines is 2. The van der Waals surface area contributed by atoms with Crippen LogP contribution in [-0.2, 0) is 6.54 Å². The maximum absolute atomic E-state index is 12.4. The molecule has 1 aliphatic heterocycles. The first-order valence-electron chi connectivity index (χ1n) is 9.08. The summed E-state index contributed by atoms with van der Waals surface area (Å²) in [4.78, 5) is 14.4. The molecule has 1 amide bonds. The summed E-state index contributed by atoms with van der Waals surface area (Å²) in [5.74, 6) is 1.32. The van der Waals surface area contributed by atoms with Crippen LogP contribution < -0.4 is 19.7 Å². The van der Waals surface area contributed by atoms with Crippen LogP contribution in [0, 0.1) is 0 Å². The Labute approximate surface area is 163 Å². The second-order valence-electron chi connectivity index (χ2n) is 6.84. The summed E-state index contributed by atoms with van der Waals surface area (Å²) < 4.78 is 13.4. The summed E-state index contributed by atoms with van der Waals surface area (Å²) in [5, 5.41) is 7.18. The Kier molecular flexibility index (Phi) is 4.89. The van der Waals surface area contributed by atoms with Gasteiger partial charge in [0.1, 0.15) is 6.61 Å². The Morgan fingerprint density at radius 2 is 1.93 bits per heavy atom. The van der Waals surface area contributed by atoms with Gasteiger partial charge in [-0.2, -0.15) is 5.10 Å². The van der Waals surface area contributed by atoms with Crippen molar-refractivity contribution >= 4 is 17.3 Å². The fraction of sp³-hybridized carbons (Fsp3) is 0.238. The molecule has 28 heavy (non-hydrogen) atoms. The van der Waals surface area contributed by atoms with Crippen molar-refractivity contribution in [1.82, 2.24) is 9.78 Å². The smallest absolute Gasteiger partial charge is 0.255 e. The van der Waals surface area contributed by atoms with Gasteiger partial charge in [-0.25, -0.2) is 0 Å². The van der Waals surface area contributed by atoms with Crippen molar-refractivity contribution in [2.75, 3.05) is 30.9 Å². The van der Waals surface area contributed by atoms with Gasteiger partial charge in [0.15, 0.2) is 17.6 Å². The zero-order valence-corrected chi connectivity index (χ0v) is 15.8. The number of carbonyl (C=O) groups excluding carboxylic acids is 1. The number of para-hydroxylation sites is 2. The number of amides is 1. The zero-order valence-electron chi connectivity index (χ0n) is 15.8. The van der Waals surface area contributed by atoms with Crippen molar-refractivity contribution in [2.24, 2.45) is 0 Å². The Hall–Kier alpha value is -3.48. The molecule has 2 aromatic carbocycles. The van der Waals surface area contributed by atoms with Gasteiger partial charge in [-0.05, 0) is 36.4 Å². The van der Waals surface area contributed by atoms with Crippen LogP contribution in [0.1, 0.15) is 10.4 Å². The van der Waals surface area contributed by atoms with Gasteiger partial charge in [-0.15, -0.1) is 0 Å². The molecule has 1 aromatic heterocycles.